The van der Waals surface area contributed by atoms with Crippen molar-refractivity contribution in [2.45, 2.75) is 31.6 Å². The molecule has 4 rings (SSSR count). The van der Waals surface area contributed by atoms with Crippen LogP contribution in [0.15, 0.2) is 78.7 Å². The van der Waals surface area contributed by atoms with Gasteiger partial charge in [-0.3, -0.25) is 9.13 Å². The average Bonchev–Trinajstić information content (AvgIpc) is 3.64. The van der Waals surface area contributed by atoms with Gasteiger partial charge >= 0.3 is 12.4 Å². The number of thiocyanates is 1. The van der Waals surface area contributed by atoms with Crippen molar-refractivity contribution in [3.05, 3.63) is 96.1 Å². The highest BCUT2D eigenvalue weighted by molar-refractivity contribution is 14.1. The van der Waals surface area contributed by atoms with Crippen LogP contribution in [-0.2, 0) is 12.4 Å². The minimum absolute atomic E-state index is 0. The number of halogens is 7. The maximum Gasteiger partial charge on any atom is 0.417 e. The van der Waals surface area contributed by atoms with E-state index in [2.05, 4.69) is 9.97 Å². The van der Waals surface area contributed by atoms with Crippen LogP contribution in [0.2, 0.25) is 0 Å². The van der Waals surface area contributed by atoms with Crippen LogP contribution in [0, 0.1) is 28.9 Å². The Hall–Kier alpha value is -3.61. The predicted octanol–water partition coefficient (Wildman–Crippen LogP) is 8.19. The molecule has 0 saturated heterocycles. The number of hydrogen-bond acceptors (Lipinski definition) is 7. The van der Waals surface area contributed by atoms with E-state index in [0.717, 1.165) is 30.0 Å². The molecule has 2 aromatic carbocycles. The molecule has 0 saturated carbocycles. The molecule has 7 nitrogen and oxygen atoms in total. The lowest BCUT2D eigenvalue weighted by Crippen LogP contribution is -2.15. The third-order valence-electron chi connectivity index (χ3n) is 4.60. The molecule has 0 aliphatic carbocycles. The van der Waals surface area contributed by atoms with Gasteiger partial charge in [0.25, 0.3) is 0 Å². The number of nitrogens with zero attached hydrogens (tertiary/aromatic N) is 6. The number of aromatic nitrogens is 4. The van der Waals surface area contributed by atoms with Crippen molar-refractivity contribution < 1.29 is 29.1 Å². The molecular weight excluding hydrogens is 715 g/mol. The lowest BCUT2D eigenvalue weighted by molar-refractivity contribution is -0.138. The highest BCUT2D eigenvalue weighted by atomic mass is 127. The number of imidazole rings is 2. The zero-order valence-electron chi connectivity index (χ0n) is 22.7. The highest BCUT2D eigenvalue weighted by Gasteiger charge is 2.34. The van der Waals surface area contributed by atoms with Crippen LogP contribution in [0.4, 0.5) is 32.0 Å². The van der Waals surface area contributed by atoms with Gasteiger partial charge in [0.05, 0.1) is 22.8 Å². The lowest BCUT2D eigenvalue weighted by Gasteiger charge is -2.10. The Balaban J connectivity index is 0.000000588. The summed E-state index contributed by atoms with van der Waals surface area (Å²) in [5.74, 6) is 0. The third kappa shape index (κ3) is 12.1. The van der Waals surface area contributed by atoms with E-state index in [1.165, 1.54) is 31.2 Å². The number of alkyl halides is 7. The van der Waals surface area contributed by atoms with Crippen molar-refractivity contribution in [2.75, 3.05) is 10.6 Å². The normalized spacial score (nSPS) is 11.5. The van der Waals surface area contributed by atoms with Gasteiger partial charge in [-0.2, -0.15) is 36.9 Å². The van der Waals surface area contributed by atoms with Gasteiger partial charge in [-0.25, -0.2) is 9.97 Å². The summed E-state index contributed by atoms with van der Waals surface area (Å²) in [5, 5.41) is 19.1. The Morgan fingerprint density at radius 2 is 1.55 bits per heavy atom. The van der Waals surface area contributed by atoms with E-state index in [9.17, 15) is 26.3 Å². The smallest absolute Gasteiger partial charge is 0.399 e. The fraction of sp³-hybridized carbons (Fsp3) is 0.192. The zero-order valence-corrected chi connectivity index (χ0v) is 24.5. The maximum atomic E-state index is 12.4. The first-order valence-corrected chi connectivity index (χ1v) is 13.1. The fourth-order valence-electron chi connectivity index (χ4n) is 2.79. The van der Waals surface area contributed by atoms with Crippen molar-refractivity contribution in [3.63, 3.8) is 0 Å². The van der Waals surface area contributed by atoms with Gasteiger partial charge in [-0.15, -0.1) is 0 Å². The first-order valence-electron chi connectivity index (χ1n) is 11.8. The Labute approximate surface area is 264 Å². The standard InChI is InChI=1S/C9H6F3NS.C8H5F3N2.C7H6N4S.CH3I.CH4/c1-6-2-3-7(14-5-13)4-8(6)9(10,11)12;9-8(10,11)7-3-6(13)2-1-5(7)4-12;12-7(10-3-1-8-5-10)11-4-2-9-6-11;1-2;/h2-4H,1H3;1-3H,13H2;1-6H;1H3;1H4/i;;;1TD;. The number of nitrogen functional groups attached to an aromatic ring is 1. The molecule has 4 aromatic rings. The minimum atomic E-state index is -4.53. The number of aryl methyl sites for hydroxylation is 1. The van der Waals surface area contributed by atoms with Crippen LogP contribution in [0.25, 0.3) is 0 Å². The van der Waals surface area contributed by atoms with E-state index >= 15 is 0 Å². The number of thioether (sulfide) groups is 1. The Morgan fingerprint density at radius 1 is 1.02 bits per heavy atom. The van der Waals surface area contributed by atoms with E-state index in [-0.39, 0.29) is 18.7 Å². The number of rotatable bonds is 1. The molecule has 1 atom stereocenters. The molecule has 0 aliphatic heterocycles. The number of nitrogens with two attached hydrogens (primary N) is 1. The Kier molecular flexibility index (Phi) is 14.9. The first kappa shape index (κ1) is 34.6. The van der Waals surface area contributed by atoms with Gasteiger partial charge < -0.3 is 5.73 Å². The van der Waals surface area contributed by atoms with Crippen LogP contribution < -0.4 is 5.73 Å². The summed E-state index contributed by atoms with van der Waals surface area (Å²) in [6.45, 7) is 1.39. The second-order valence-electron chi connectivity index (χ2n) is 7.30. The molecule has 2 N–H and O–H groups in total. The summed E-state index contributed by atoms with van der Waals surface area (Å²) >= 11 is 7.54. The molecule has 0 spiro atoms. The van der Waals surface area contributed by atoms with Crippen molar-refractivity contribution in [1.29, 1.82) is 10.5 Å². The largest absolute Gasteiger partial charge is 0.417 e. The van der Waals surface area contributed by atoms with Gasteiger partial charge in [0.1, 0.15) is 18.1 Å². The monoisotopic (exact) mass is 742 g/mol. The molecule has 0 bridgehead atoms. The SMILES string of the molecule is C.Cc1ccc(SC#N)cc1C(F)(F)F.N#Cc1ccc(N)cc1C(F)(F)F.S=C(n1ccnc1)n1ccnc1.[2H]C([3H])I. The maximum absolute atomic E-state index is 12.4. The summed E-state index contributed by atoms with van der Waals surface area (Å²) in [5.41, 5.74) is 3.24. The topological polar surface area (TPSA) is 109 Å². The molecule has 0 fully saturated rings. The molecule has 0 radical (unpaired) electrons. The van der Waals surface area contributed by atoms with Gasteiger partial charge in [-0.05, 0) is 71.7 Å². The van der Waals surface area contributed by atoms with Gasteiger partial charge in [0.2, 0.25) is 0 Å². The van der Waals surface area contributed by atoms with Crippen molar-refractivity contribution in [2.24, 2.45) is 0 Å². The molecule has 224 valence electrons. The lowest BCUT2D eigenvalue weighted by atomic mass is 10.1. The molecule has 42 heavy (non-hydrogen) atoms. The minimum Gasteiger partial charge on any atom is -0.399 e. The van der Waals surface area contributed by atoms with Crippen molar-refractivity contribution in [3.8, 4) is 11.5 Å². The molecule has 16 heteroatoms. The Bertz CT molecular complexity index is 1500. The second kappa shape index (κ2) is 18.0. The highest BCUT2D eigenvalue weighted by Crippen LogP contribution is 2.34. The van der Waals surface area contributed by atoms with Crippen LogP contribution in [0.5, 0.6) is 0 Å². The quantitative estimate of drug-likeness (QED) is 0.0399. The van der Waals surface area contributed by atoms with Crippen LogP contribution in [-0.4, -0.2) is 29.1 Å². The van der Waals surface area contributed by atoms with E-state index in [0.29, 0.717) is 10.0 Å². The van der Waals surface area contributed by atoms with Gasteiger partial charge in [0.15, 0.2) is 5.11 Å². The fourth-order valence-corrected chi connectivity index (χ4v) is 3.43. The number of hydrogen-bond donors (Lipinski definition) is 1. The van der Waals surface area contributed by atoms with E-state index in [1.807, 2.05) is 0 Å². The summed E-state index contributed by atoms with van der Waals surface area (Å²) < 4.78 is 89.7. The van der Waals surface area contributed by atoms with E-state index in [4.69, 9.17) is 31.2 Å². The van der Waals surface area contributed by atoms with Crippen LogP contribution >= 0.6 is 46.6 Å². The molecule has 0 amide bonds. The zero-order chi connectivity index (χ0) is 32.8. The summed E-state index contributed by atoms with van der Waals surface area (Å²) in [7, 11) is 0. The number of thiocarbonyl (C=S) groups is 1. The second-order valence-corrected chi connectivity index (χ2v) is 8.53. The first-order chi connectivity index (χ1) is 20.0. The molecular formula is C26H24F6IN7S2. The van der Waals surface area contributed by atoms with Crippen molar-refractivity contribution >= 4 is 57.4 Å². The van der Waals surface area contributed by atoms with Gasteiger partial charge in [0, 0.05) is 38.1 Å². The molecule has 2 aromatic heterocycles. The van der Waals surface area contributed by atoms with E-state index in [1.54, 1.807) is 74.6 Å². The summed E-state index contributed by atoms with van der Waals surface area (Å²) in [6, 6.07) is 8.37. The van der Waals surface area contributed by atoms with Gasteiger partial charge in [-0.1, -0.05) is 36.1 Å². The van der Waals surface area contributed by atoms with E-state index < -0.39 is 33.9 Å². The van der Waals surface area contributed by atoms with Crippen LogP contribution in [0.1, 0.15) is 32.4 Å². The number of anilines is 1. The summed E-state index contributed by atoms with van der Waals surface area (Å²) in [4.78, 5) is 7.40. The van der Waals surface area contributed by atoms with Crippen LogP contribution in [0.3, 0.4) is 0 Å². The average molecular weight is 743 g/mol. The Morgan fingerprint density at radius 3 is 1.95 bits per heavy atom. The number of nitriles is 2. The molecule has 2 heterocycles. The molecule has 1 unspecified atom stereocenters. The van der Waals surface area contributed by atoms with Crippen molar-refractivity contribution in [1.82, 2.24) is 19.1 Å². The third-order valence-corrected chi connectivity index (χ3v) is 5.60. The predicted molar refractivity (Wildman–Crippen MR) is 163 cm³/mol. The number of benzene rings is 2. The summed E-state index contributed by atoms with van der Waals surface area (Å²) in [6.07, 6.45) is 1.39. The molecule has 0 aliphatic rings.